The highest BCUT2D eigenvalue weighted by molar-refractivity contribution is 6.30. The van der Waals surface area contributed by atoms with Crippen LogP contribution in [0.2, 0.25) is 5.02 Å². The summed E-state index contributed by atoms with van der Waals surface area (Å²) in [5.74, 6) is -0.0642. The molecule has 0 aromatic heterocycles. The number of piperidine rings is 1. The van der Waals surface area contributed by atoms with Gasteiger partial charge in [0.15, 0.2) is 0 Å². The van der Waals surface area contributed by atoms with Crippen molar-refractivity contribution < 1.29 is 4.79 Å². The minimum absolute atomic E-state index is 0.0642. The van der Waals surface area contributed by atoms with Crippen molar-refractivity contribution in [2.75, 3.05) is 13.1 Å². The Kier molecular flexibility index (Phi) is 4.48. The lowest BCUT2D eigenvalue weighted by atomic mass is 9.77. The number of carbonyl (C=O) groups is 1. The second-order valence-corrected chi connectivity index (χ2v) is 6.26. The molecule has 1 aromatic carbocycles. The van der Waals surface area contributed by atoms with Gasteiger partial charge in [0.05, 0.1) is 0 Å². The summed E-state index contributed by atoms with van der Waals surface area (Å²) in [5.41, 5.74) is 0.834. The predicted octanol–water partition coefficient (Wildman–Crippen LogP) is 2.85. The molecule has 104 valence electrons. The van der Waals surface area contributed by atoms with Gasteiger partial charge < -0.3 is 10.6 Å². The van der Waals surface area contributed by atoms with E-state index in [1.165, 1.54) is 12.8 Å². The Morgan fingerprint density at radius 1 is 1.53 bits per heavy atom. The molecule has 0 aliphatic carbocycles. The largest absolute Gasteiger partial charge is 0.350 e. The van der Waals surface area contributed by atoms with Crippen molar-refractivity contribution >= 4 is 17.5 Å². The molecule has 1 saturated heterocycles. The van der Waals surface area contributed by atoms with E-state index in [2.05, 4.69) is 24.5 Å². The lowest BCUT2D eigenvalue weighted by molar-refractivity contribution is 0.0929. The van der Waals surface area contributed by atoms with Gasteiger partial charge in [-0.1, -0.05) is 31.5 Å². The van der Waals surface area contributed by atoms with Crippen LogP contribution in [0.5, 0.6) is 0 Å². The van der Waals surface area contributed by atoms with Crippen LogP contribution in [0.4, 0.5) is 0 Å². The smallest absolute Gasteiger partial charge is 0.251 e. The van der Waals surface area contributed by atoms with Crippen molar-refractivity contribution in [2.45, 2.75) is 32.7 Å². The van der Waals surface area contributed by atoms with Crippen LogP contribution in [0, 0.1) is 5.41 Å². The van der Waals surface area contributed by atoms with Gasteiger partial charge in [0.1, 0.15) is 0 Å². The molecule has 1 atom stereocenters. The van der Waals surface area contributed by atoms with E-state index in [9.17, 15) is 4.79 Å². The SMILES string of the molecule is CC1(C)CCCNC1CNC(=O)c1cccc(Cl)c1. The van der Waals surface area contributed by atoms with Crippen LogP contribution in [0.1, 0.15) is 37.0 Å². The number of carbonyl (C=O) groups excluding carboxylic acids is 1. The van der Waals surface area contributed by atoms with E-state index < -0.39 is 0 Å². The first kappa shape index (κ1) is 14.4. The summed E-state index contributed by atoms with van der Waals surface area (Å²) in [6.07, 6.45) is 2.39. The van der Waals surface area contributed by atoms with Crippen LogP contribution in [-0.4, -0.2) is 25.0 Å². The maximum atomic E-state index is 12.1. The highest BCUT2D eigenvalue weighted by Crippen LogP contribution is 2.29. The fourth-order valence-electron chi connectivity index (χ4n) is 2.55. The molecular weight excluding hydrogens is 260 g/mol. The van der Waals surface area contributed by atoms with Crippen LogP contribution < -0.4 is 10.6 Å². The van der Waals surface area contributed by atoms with Crippen molar-refractivity contribution in [1.29, 1.82) is 0 Å². The van der Waals surface area contributed by atoms with Gasteiger partial charge in [-0.3, -0.25) is 4.79 Å². The zero-order valence-corrected chi connectivity index (χ0v) is 12.3. The minimum Gasteiger partial charge on any atom is -0.350 e. The van der Waals surface area contributed by atoms with Crippen molar-refractivity contribution in [3.63, 3.8) is 0 Å². The Hall–Kier alpha value is -1.06. The number of benzene rings is 1. The summed E-state index contributed by atoms with van der Waals surface area (Å²) < 4.78 is 0. The zero-order chi connectivity index (χ0) is 13.9. The first-order chi connectivity index (χ1) is 8.99. The van der Waals surface area contributed by atoms with Crippen molar-refractivity contribution in [3.8, 4) is 0 Å². The molecule has 1 aliphatic heterocycles. The number of rotatable bonds is 3. The van der Waals surface area contributed by atoms with E-state index in [4.69, 9.17) is 11.6 Å². The molecule has 0 saturated carbocycles. The average molecular weight is 281 g/mol. The van der Waals surface area contributed by atoms with Gasteiger partial charge in [0, 0.05) is 23.2 Å². The topological polar surface area (TPSA) is 41.1 Å². The second-order valence-electron chi connectivity index (χ2n) is 5.82. The fourth-order valence-corrected chi connectivity index (χ4v) is 2.74. The van der Waals surface area contributed by atoms with Gasteiger partial charge in [0.25, 0.3) is 5.91 Å². The predicted molar refractivity (Wildman–Crippen MR) is 78.6 cm³/mol. The maximum absolute atomic E-state index is 12.1. The van der Waals surface area contributed by atoms with E-state index in [1.54, 1.807) is 24.3 Å². The third-order valence-corrected chi connectivity index (χ3v) is 4.12. The average Bonchev–Trinajstić information content (AvgIpc) is 2.36. The van der Waals surface area contributed by atoms with Crippen molar-refractivity contribution in [2.24, 2.45) is 5.41 Å². The van der Waals surface area contributed by atoms with E-state index in [0.717, 1.165) is 6.54 Å². The van der Waals surface area contributed by atoms with Crippen LogP contribution in [0.15, 0.2) is 24.3 Å². The fraction of sp³-hybridized carbons (Fsp3) is 0.533. The molecule has 1 fully saturated rings. The molecule has 1 heterocycles. The lowest BCUT2D eigenvalue weighted by Gasteiger charge is -2.39. The summed E-state index contributed by atoms with van der Waals surface area (Å²) in [6.45, 7) is 6.17. The summed E-state index contributed by atoms with van der Waals surface area (Å²) in [4.78, 5) is 12.1. The first-order valence-electron chi connectivity index (χ1n) is 6.76. The van der Waals surface area contributed by atoms with E-state index in [0.29, 0.717) is 23.2 Å². The number of nitrogens with one attached hydrogen (secondary N) is 2. The quantitative estimate of drug-likeness (QED) is 0.894. The van der Waals surface area contributed by atoms with Crippen molar-refractivity contribution in [1.82, 2.24) is 10.6 Å². The molecule has 0 spiro atoms. The third kappa shape index (κ3) is 3.71. The molecule has 0 bridgehead atoms. The molecule has 19 heavy (non-hydrogen) atoms. The van der Waals surface area contributed by atoms with Crippen LogP contribution in [0.25, 0.3) is 0 Å². The summed E-state index contributed by atoms with van der Waals surface area (Å²) in [7, 11) is 0. The van der Waals surface area contributed by atoms with E-state index in [1.807, 2.05) is 0 Å². The second kappa shape index (κ2) is 5.93. The molecule has 0 radical (unpaired) electrons. The maximum Gasteiger partial charge on any atom is 0.251 e. The van der Waals surface area contributed by atoms with E-state index >= 15 is 0 Å². The first-order valence-corrected chi connectivity index (χ1v) is 7.14. The minimum atomic E-state index is -0.0642. The van der Waals surface area contributed by atoms with Gasteiger partial charge in [-0.2, -0.15) is 0 Å². The van der Waals surface area contributed by atoms with Gasteiger partial charge in [-0.15, -0.1) is 0 Å². The highest BCUT2D eigenvalue weighted by Gasteiger charge is 2.31. The summed E-state index contributed by atoms with van der Waals surface area (Å²) >= 11 is 5.89. The zero-order valence-electron chi connectivity index (χ0n) is 11.5. The molecule has 3 nitrogen and oxygen atoms in total. The van der Waals surface area contributed by atoms with Crippen molar-refractivity contribution in [3.05, 3.63) is 34.9 Å². The number of amides is 1. The lowest BCUT2D eigenvalue weighted by Crippen LogP contribution is -2.52. The molecule has 1 amide bonds. The Morgan fingerprint density at radius 3 is 3.00 bits per heavy atom. The Bertz CT molecular complexity index is 459. The summed E-state index contributed by atoms with van der Waals surface area (Å²) in [6, 6.07) is 7.35. The molecular formula is C15H21ClN2O. The Labute approximate surface area is 119 Å². The molecule has 1 aromatic rings. The van der Waals surface area contributed by atoms with Crippen LogP contribution >= 0.6 is 11.6 Å². The number of hydrogen-bond donors (Lipinski definition) is 2. The molecule has 4 heteroatoms. The molecule has 1 aliphatic rings. The van der Waals surface area contributed by atoms with Crippen LogP contribution in [0.3, 0.4) is 0 Å². The standard InChI is InChI=1S/C15H21ClN2O/c1-15(2)7-4-8-17-13(15)10-18-14(19)11-5-3-6-12(16)9-11/h3,5-6,9,13,17H,4,7-8,10H2,1-2H3,(H,18,19). The molecule has 1 unspecified atom stereocenters. The monoisotopic (exact) mass is 280 g/mol. The van der Waals surface area contributed by atoms with Gasteiger partial charge >= 0.3 is 0 Å². The van der Waals surface area contributed by atoms with Gasteiger partial charge in [-0.25, -0.2) is 0 Å². The normalized spacial score (nSPS) is 21.9. The van der Waals surface area contributed by atoms with Gasteiger partial charge in [-0.05, 0) is 43.0 Å². The van der Waals surface area contributed by atoms with Gasteiger partial charge in [0.2, 0.25) is 0 Å². The van der Waals surface area contributed by atoms with Crippen LogP contribution in [-0.2, 0) is 0 Å². The highest BCUT2D eigenvalue weighted by atomic mass is 35.5. The number of hydrogen-bond acceptors (Lipinski definition) is 2. The third-order valence-electron chi connectivity index (χ3n) is 3.89. The Morgan fingerprint density at radius 2 is 2.32 bits per heavy atom. The Balaban J connectivity index is 1.93. The molecule has 2 N–H and O–H groups in total. The van der Waals surface area contributed by atoms with E-state index in [-0.39, 0.29) is 11.3 Å². The molecule has 2 rings (SSSR count). The number of halogens is 1. The summed E-state index contributed by atoms with van der Waals surface area (Å²) in [5, 5.41) is 7.07.